The number of ether oxygens (including phenoxy) is 2. The van der Waals surface area contributed by atoms with Crippen molar-refractivity contribution in [2.75, 3.05) is 33.9 Å². The van der Waals surface area contributed by atoms with Gasteiger partial charge in [-0.3, -0.25) is 4.79 Å². The largest absolute Gasteiger partial charge is 0.497 e. The van der Waals surface area contributed by atoms with Crippen molar-refractivity contribution in [2.45, 2.75) is 6.10 Å². The molecule has 0 saturated carbocycles. The van der Waals surface area contributed by atoms with Crippen LogP contribution in [-0.2, 0) is 4.74 Å². The van der Waals surface area contributed by atoms with E-state index in [-0.39, 0.29) is 11.9 Å². The van der Waals surface area contributed by atoms with E-state index in [1.54, 1.807) is 31.4 Å². The van der Waals surface area contributed by atoms with Crippen molar-refractivity contribution in [2.24, 2.45) is 0 Å². The smallest absolute Gasteiger partial charge is 0.192 e. The van der Waals surface area contributed by atoms with Gasteiger partial charge in [0.2, 0.25) is 0 Å². The molecule has 1 unspecified atom stereocenters. The summed E-state index contributed by atoms with van der Waals surface area (Å²) in [7, 11) is 3.60. The lowest BCUT2D eigenvalue weighted by Gasteiger charge is -2.29. The zero-order valence-electron chi connectivity index (χ0n) is 10.2. The second-order valence-electron chi connectivity index (χ2n) is 4.21. The van der Waals surface area contributed by atoms with E-state index in [0.717, 1.165) is 12.3 Å². The second-order valence-corrected chi connectivity index (χ2v) is 4.21. The molecule has 0 bridgehead atoms. The molecule has 1 aliphatic heterocycles. The average molecular weight is 235 g/mol. The number of rotatable bonds is 3. The summed E-state index contributed by atoms with van der Waals surface area (Å²) in [5.74, 6) is 0.794. The molecule has 1 fully saturated rings. The van der Waals surface area contributed by atoms with Crippen LogP contribution in [0, 0.1) is 0 Å². The van der Waals surface area contributed by atoms with E-state index in [9.17, 15) is 4.79 Å². The number of methoxy groups -OCH3 is 1. The van der Waals surface area contributed by atoms with Gasteiger partial charge in [0.25, 0.3) is 0 Å². The molecule has 1 saturated heterocycles. The molecular formula is C13H17NO3. The van der Waals surface area contributed by atoms with Crippen LogP contribution in [0.3, 0.4) is 0 Å². The van der Waals surface area contributed by atoms with E-state index in [0.29, 0.717) is 18.7 Å². The Bertz CT molecular complexity index is 388. The van der Waals surface area contributed by atoms with Gasteiger partial charge >= 0.3 is 0 Å². The molecule has 0 spiro atoms. The molecule has 1 aromatic rings. The van der Waals surface area contributed by atoms with Gasteiger partial charge in [0.05, 0.1) is 13.7 Å². The molecule has 0 radical (unpaired) electrons. The number of ketones is 1. The minimum Gasteiger partial charge on any atom is -0.497 e. The Morgan fingerprint density at radius 3 is 2.71 bits per heavy atom. The monoisotopic (exact) mass is 235 g/mol. The third kappa shape index (κ3) is 2.84. The van der Waals surface area contributed by atoms with Gasteiger partial charge in [0, 0.05) is 18.7 Å². The van der Waals surface area contributed by atoms with Gasteiger partial charge in [-0.15, -0.1) is 0 Å². The molecule has 4 heteroatoms. The summed E-state index contributed by atoms with van der Waals surface area (Å²) >= 11 is 0. The van der Waals surface area contributed by atoms with E-state index in [4.69, 9.17) is 9.47 Å². The average Bonchev–Trinajstić information content (AvgIpc) is 2.38. The zero-order valence-corrected chi connectivity index (χ0v) is 10.2. The number of hydrogen-bond acceptors (Lipinski definition) is 4. The fraction of sp³-hybridized carbons (Fsp3) is 0.462. The highest BCUT2D eigenvalue weighted by atomic mass is 16.5. The molecule has 1 heterocycles. The quantitative estimate of drug-likeness (QED) is 0.738. The van der Waals surface area contributed by atoms with Crippen LogP contribution in [0.4, 0.5) is 0 Å². The Kier molecular flexibility index (Phi) is 3.76. The minimum absolute atomic E-state index is 0.0409. The molecule has 1 aliphatic rings. The SMILES string of the molecule is COc1ccc(C(=O)C2CN(C)CCO2)cc1. The Hall–Kier alpha value is -1.39. The standard InChI is InChI=1S/C13H17NO3/c1-14-7-8-17-12(9-14)13(15)10-3-5-11(16-2)6-4-10/h3-6,12H,7-9H2,1-2H3. The summed E-state index contributed by atoms with van der Waals surface area (Å²) in [6.07, 6.45) is -0.345. The van der Waals surface area contributed by atoms with Gasteiger partial charge < -0.3 is 14.4 Å². The van der Waals surface area contributed by atoms with Gasteiger partial charge in [-0.2, -0.15) is 0 Å². The van der Waals surface area contributed by atoms with Crippen LogP contribution in [0.2, 0.25) is 0 Å². The van der Waals surface area contributed by atoms with Crippen molar-refractivity contribution >= 4 is 5.78 Å². The number of nitrogens with zero attached hydrogens (tertiary/aromatic N) is 1. The second kappa shape index (κ2) is 5.29. The molecule has 1 atom stereocenters. The summed E-state index contributed by atoms with van der Waals surface area (Å²) in [4.78, 5) is 14.3. The lowest BCUT2D eigenvalue weighted by Crippen LogP contribution is -2.44. The maximum absolute atomic E-state index is 12.2. The Balaban J connectivity index is 2.07. The molecule has 0 N–H and O–H groups in total. The fourth-order valence-corrected chi connectivity index (χ4v) is 1.88. The summed E-state index contributed by atoms with van der Waals surface area (Å²) in [6, 6.07) is 7.14. The van der Waals surface area contributed by atoms with Crippen LogP contribution < -0.4 is 4.74 Å². The van der Waals surface area contributed by atoms with E-state index in [2.05, 4.69) is 4.90 Å². The molecule has 1 aromatic carbocycles. The first kappa shape index (κ1) is 12.1. The topological polar surface area (TPSA) is 38.8 Å². The third-order valence-corrected chi connectivity index (χ3v) is 2.94. The minimum atomic E-state index is -0.345. The molecule has 4 nitrogen and oxygen atoms in total. The number of carbonyl (C=O) groups is 1. The van der Waals surface area contributed by atoms with Crippen LogP contribution in [-0.4, -0.2) is 50.6 Å². The molecule has 0 aliphatic carbocycles. The molecule has 0 amide bonds. The zero-order chi connectivity index (χ0) is 12.3. The van der Waals surface area contributed by atoms with Gasteiger partial charge in [0.1, 0.15) is 11.9 Å². The highest BCUT2D eigenvalue weighted by molar-refractivity contribution is 5.99. The van der Waals surface area contributed by atoms with Gasteiger partial charge in [0.15, 0.2) is 5.78 Å². The summed E-state index contributed by atoms with van der Waals surface area (Å²) < 4.78 is 10.6. The van der Waals surface area contributed by atoms with Crippen molar-refractivity contribution in [1.29, 1.82) is 0 Å². The van der Waals surface area contributed by atoms with E-state index < -0.39 is 0 Å². The maximum atomic E-state index is 12.2. The van der Waals surface area contributed by atoms with Gasteiger partial charge in [-0.1, -0.05) is 0 Å². The number of benzene rings is 1. The van der Waals surface area contributed by atoms with Crippen LogP contribution in [0.5, 0.6) is 5.75 Å². The lowest BCUT2D eigenvalue weighted by molar-refractivity contribution is -0.00862. The van der Waals surface area contributed by atoms with Crippen molar-refractivity contribution < 1.29 is 14.3 Å². The van der Waals surface area contributed by atoms with Crippen LogP contribution in [0.15, 0.2) is 24.3 Å². The van der Waals surface area contributed by atoms with Crippen LogP contribution in [0.1, 0.15) is 10.4 Å². The van der Waals surface area contributed by atoms with Crippen molar-refractivity contribution in [3.8, 4) is 5.75 Å². The fourth-order valence-electron chi connectivity index (χ4n) is 1.88. The van der Waals surface area contributed by atoms with Crippen molar-refractivity contribution in [1.82, 2.24) is 4.90 Å². The third-order valence-electron chi connectivity index (χ3n) is 2.94. The number of likely N-dealkylation sites (N-methyl/N-ethyl adjacent to an activating group) is 1. The maximum Gasteiger partial charge on any atom is 0.192 e. The first-order valence-electron chi connectivity index (χ1n) is 5.69. The molecule has 0 aromatic heterocycles. The highest BCUT2D eigenvalue weighted by Crippen LogP contribution is 2.15. The van der Waals surface area contributed by atoms with Gasteiger partial charge in [-0.05, 0) is 31.3 Å². The summed E-state index contributed by atoms with van der Waals surface area (Å²) in [6.45, 7) is 2.15. The normalized spacial score (nSPS) is 21.2. The number of hydrogen-bond donors (Lipinski definition) is 0. The molecule has 17 heavy (non-hydrogen) atoms. The van der Waals surface area contributed by atoms with E-state index in [1.165, 1.54) is 0 Å². The van der Waals surface area contributed by atoms with E-state index in [1.807, 2.05) is 7.05 Å². The highest BCUT2D eigenvalue weighted by Gasteiger charge is 2.25. The first-order chi connectivity index (χ1) is 8.20. The van der Waals surface area contributed by atoms with Crippen LogP contribution in [0.25, 0.3) is 0 Å². The summed E-state index contributed by atoms with van der Waals surface area (Å²) in [5.41, 5.74) is 0.672. The predicted octanol–water partition coefficient (Wildman–Crippen LogP) is 1.21. The van der Waals surface area contributed by atoms with Gasteiger partial charge in [-0.25, -0.2) is 0 Å². The predicted molar refractivity (Wildman–Crippen MR) is 64.6 cm³/mol. The van der Waals surface area contributed by atoms with Crippen LogP contribution >= 0.6 is 0 Å². The molecule has 2 rings (SSSR count). The Labute approximate surface area is 101 Å². The Morgan fingerprint density at radius 2 is 2.12 bits per heavy atom. The Morgan fingerprint density at radius 1 is 1.41 bits per heavy atom. The van der Waals surface area contributed by atoms with Crippen molar-refractivity contribution in [3.63, 3.8) is 0 Å². The number of carbonyl (C=O) groups excluding carboxylic acids is 1. The number of Topliss-reactive ketones (excluding diaryl/α,β-unsaturated/α-hetero) is 1. The number of morpholine rings is 1. The van der Waals surface area contributed by atoms with Crippen molar-refractivity contribution in [3.05, 3.63) is 29.8 Å². The lowest BCUT2D eigenvalue weighted by atomic mass is 10.0. The molecular weight excluding hydrogens is 218 g/mol. The van der Waals surface area contributed by atoms with E-state index >= 15 is 0 Å². The summed E-state index contributed by atoms with van der Waals surface area (Å²) in [5, 5.41) is 0. The molecule has 92 valence electrons. The first-order valence-corrected chi connectivity index (χ1v) is 5.69.